The Morgan fingerprint density at radius 2 is 1.86 bits per heavy atom. The molecule has 0 radical (unpaired) electrons. The fraction of sp³-hybridized carbons (Fsp3) is 0.333. The highest BCUT2D eigenvalue weighted by Crippen LogP contribution is 2.29. The molecule has 2 nitrogen and oxygen atoms in total. The van der Waals surface area contributed by atoms with Crippen LogP contribution in [0.4, 0.5) is 4.39 Å². The first-order valence-electron chi connectivity index (χ1n) is 7.02. The molecule has 2 aromatic rings. The van der Waals surface area contributed by atoms with Crippen molar-refractivity contribution in [1.82, 2.24) is 0 Å². The van der Waals surface area contributed by atoms with E-state index in [9.17, 15) is 4.39 Å². The van der Waals surface area contributed by atoms with Crippen molar-refractivity contribution in [2.75, 3.05) is 7.11 Å². The second-order valence-electron chi connectivity index (χ2n) is 5.87. The number of rotatable bonds is 4. The molecule has 0 saturated heterocycles. The lowest BCUT2D eigenvalue weighted by molar-refractivity contribution is 0.399. The molecule has 21 heavy (non-hydrogen) atoms. The standard InChI is InChI=1S/C18H22FNO/c1-12-5-8-17(21-4)14(9-12)11-18(3,20)15-7-6-13(2)16(19)10-15/h5-10H,11,20H2,1-4H3. The quantitative estimate of drug-likeness (QED) is 0.926. The van der Waals surface area contributed by atoms with E-state index in [-0.39, 0.29) is 5.82 Å². The molecule has 0 aromatic heterocycles. The normalized spacial score (nSPS) is 13.8. The number of methoxy groups -OCH3 is 1. The van der Waals surface area contributed by atoms with Crippen molar-refractivity contribution >= 4 is 0 Å². The lowest BCUT2D eigenvalue weighted by Gasteiger charge is -2.27. The van der Waals surface area contributed by atoms with Gasteiger partial charge in [0.25, 0.3) is 0 Å². The molecular formula is C18H22FNO. The minimum atomic E-state index is -0.657. The van der Waals surface area contributed by atoms with E-state index in [1.165, 1.54) is 6.07 Å². The van der Waals surface area contributed by atoms with E-state index < -0.39 is 5.54 Å². The number of halogens is 1. The molecule has 0 saturated carbocycles. The van der Waals surface area contributed by atoms with Crippen LogP contribution in [0.5, 0.6) is 5.75 Å². The zero-order valence-electron chi connectivity index (χ0n) is 13.0. The van der Waals surface area contributed by atoms with Gasteiger partial charge >= 0.3 is 0 Å². The summed E-state index contributed by atoms with van der Waals surface area (Å²) < 4.78 is 19.2. The molecule has 0 aliphatic rings. The summed E-state index contributed by atoms with van der Waals surface area (Å²) in [5.41, 5.74) is 9.38. The predicted octanol–water partition coefficient (Wildman–Crippen LogP) is 3.87. The SMILES string of the molecule is COc1ccc(C)cc1CC(C)(N)c1ccc(C)c(F)c1. The van der Waals surface area contributed by atoms with Gasteiger partial charge in [0, 0.05) is 5.54 Å². The third-order valence-corrected chi connectivity index (χ3v) is 3.82. The van der Waals surface area contributed by atoms with E-state index in [2.05, 4.69) is 6.07 Å². The number of aryl methyl sites for hydroxylation is 2. The smallest absolute Gasteiger partial charge is 0.126 e. The molecule has 0 bridgehead atoms. The fourth-order valence-corrected chi connectivity index (χ4v) is 2.49. The van der Waals surface area contributed by atoms with E-state index in [0.717, 1.165) is 22.4 Å². The van der Waals surface area contributed by atoms with Crippen molar-refractivity contribution in [2.45, 2.75) is 32.7 Å². The van der Waals surface area contributed by atoms with Crippen LogP contribution in [0.15, 0.2) is 36.4 Å². The Kier molecular flexibility index (Phi) is 4.33. The number of hydrogen-bond donors (Lipinski definition) is 1. The Morgan fingerprint density at radius 1 is 1.14 bits per heavy atom. The zero-order chi connectivity index (χ0) is 15.6. The van der Waals surface area contributed by atoms with Gasteiger partial charge in [-0.3, -0.25) is 0 Å². The first-order valence-corrected chi connectivity index (χ1v) is 7.02. The summed E-state index contributed by atoms with van der Waals surface area (Å²) in [6.45, 7) is 5.69. The Morgan fingerprint density at radius 3 is 2.48 bits per heavy atom. The number of benzene rings is 2. The molecule has 3 heteroatoms. The summed E-state index contributed by atoms with van der Waals surface area (Å²) in [4.78, 5) is 0. The highest BCUT2D eigenvalue weighted by molar-refractivity contribution is 5.40. The molecule has 2 aromatic carbocycles. The van der Waals surface area contributed by atoms with Gasteiger partial charge in [0.05, 0.1) is 7.11 Å². The van der Waals surface area contributed by atoms with Crippen LogP contribution in [-0.2, 0) is 12.0 Å². The number of hydrogen-bond acceptors (Lipinski definition) is 2. The predicted molar refractivity (Wildman–Crippen MR) is 84.1 cm³/mol. The van der Waals surface area contributed by atoms with Gasteiger partial charge in [0.15, 0.2) is 0 Å². The van der Waals surface area contributed by atoms with E-state index in [0.29, 0.717) is 12.0 Å². The van der Waals surface area contributed by atoms with Crippen molar-refractivity contribution in [3.05, 3.63) is 64.5 Å². The first kappa shape index (κ1) is 15.5. The lowest BCUT2D eigenvalue weighted by Crippen LogP contribution is -2.35. The number of ether oxygens (including phenoxy) is 1. The molecule has 2 N–H and O–H groups in total. The van der Waals surface area contributed by atoms with Gasteiger partial charge in [0.1, 0.15) is 11.6 Å². The maximum atomic E-state index is 13.8. The van der Waals surface area contributed by atoms with Gasteiger partial charge < -0.3 is 10.5 Å². The molecule has 112 valence electrons. The highest BCUT2D eigenvalue weighted by atomic mass is 19.1. The van der Waals surface area contributed by atoms with Gasteiger partial charge in [-0.15, -0.1) is 0 Å². The van der Waals surface area contributed by atoms with Crippen LogP contribution in [0.25, 0.3) is 0 Å². The minimum absolute atomic E-state index is 0.222. The fourth-order valence-electron chi connectivity index (χ4n) is 2.49. The van der Waals surface area contributed by atoms with Crippen LogP contribution in [0, 0.1) is 19.7 Å². The average molecular weight is 287 g/mol. The average Bonchev–Trinajstić information content (AvgIpc) is 2.41. The van der Waals surface area contributed by atoms with Crippen molar-refractivity contribution in [3.8, 4) is 5.75 Å². The van der Waals surface area contributed by atoms with Gasteiger partial charge in [-0.1, -0.05) is 29.8 Å². The molecule has 1 atom stereocenters. The molecule has 0 spiro atoms. The second-order valence-corrected chi connectivity index (χ2v) is 5.87. The third-order valence-electron chi connectivity index (χ3n) is 3.82. The molecule has 0 aliphatic carbocycles. The summed E-state index contributed by atoms with van der Waals surface area (Å²) in [6.07, 6.45) is 0.584. The summed E-state index contributed by atoms with van der Waals surface area (Å²) in [5, 5.41) is 0. The maximum absolute atomic E-state index is 13.8. The Balaban J connectivity index is 2.36. The summed E-state index contributed by atoms with van der Waals surface area (Å²) in [6, 6.07) is 11.2. The summed E-state index contributed by atoms with van der Waals surface area (Å²) in [5.74, 6) is 0.588. The summed E-state index contributed by atoms with van der Waals surface area (Å²) >= 11 is 0. The van der Waals surface area contributed by atoms with Crippen LogP contribution in [0.3, 0.4) is 0 Å². The van der Waals surface area contributed by atoms with Gasteiger partial charge in [0.2, 0.25) is 0 Å². The van der Waals surface area contributed by atoms with Gasteiger partial charge in [-0.2, -0.15) is 0 Å². The van der Waals surface area contributed by atoms with Crippen molar-refractivity contribution in [3.63, 3.8) is 0 Å². The minimum Gasteiger partial charge on any atom is -0.496 e. The molecule has 2 rings (SSSR count). The van der Waals surface area contributed by atoms with E-state index >= 15 is 0 Å². The topological polar surface area (TPSA) is 35.2 Å². The third kappa shape index (κ3) is 3.42. The van der Waals surface area contributed by atoms with Gasteiger partial charge in [-0.05, 0) is 56.0 Å². The van der Waals surface area contributed by atoms with E-state index in [1.54, 1.807) is 20.1 Å². The van der Waals surface area contributed by atoms with Crippen LogP contribution in [0.2, 0.25) is 0 Å². The molecule has 0 heterocycles. The van der Waals surface area contributed by atoms with Crippen molar-refractivity contribution in [1.29, 1.82) is 0 Å². The van der Waals surface area contributed by atoms with Crippen LogP contribution < -0.4 is 10.5 Å². The Hall–Kier alpha value is -1.87. The van der Waals surface area contributed by atoms with E-state index in [4.69, 9.17) is 10.5 Å². The zero-order valence-corrected chi connectivity index (χ0v) is 13.0. The molecule has 0 aliphatic heterocycles. The highest BCUT2D eigenvalue weighted by Gasteiger charge is 2.24. The molecule has 0 fully saturated rings. The van der Waals surface area contributed by atoms with Crippen LogP contribution in [-0.4, -0.2) is 7.11 Å². The van der Waals surface area contributed by atoms with Crippen molar-refractivity contribution in [2.24, 2.45) is 5.73 Å². The monoisotopic (exact) mass is 287 g/mol. The Labute approximate surface area is 125 Å². The summed E-state index contributed by atoms with van der Waals surface area (Å²) in [7, 11) is 1.65. The maximum Gasteiger partial charge on any atom is 0.126 e. The second kappa shape index (κ2) is 5.86. The lowest BCUT2D eigenvalue weighted by atomic mass is 9.85. The Bertz CT molecular complexity index is 650. The molecule has 0 amide bonds. The molecular weight excluding hydrogens is 265 g/mol. The van der Waals surface area contributed by atoms with Gasteiger partial charge in [-0.25, -0.2) is 4.39 Å². The molecule has 1 unspecified atom stereocenters. The van der Waals surface area contributed by atoms with E-state index in [1.807, 2.05) is 32.0 Å². The van der Waals surface area contributed by atoms with Crippen LogP contribution >= 0.6 is 0 Å². The van der Waals surface area contributed by atoms with Crippen LogP contribution in [0.1, 0.15) is 29.2 Å². The number of nitrogens with two attached hydrogens (primary N) is 1. The largest absolute Gasteiger partial charge is 0.496 e. The van der Waals surface area contributed by atoms with Crippen molar-refractivity contribution < 1.29 is 9.13 Å². The first-order chi connectivity index (χ1) is 9.83.